The number of nitrogens with zero attached hydrogens (tertiary/aromatic N) is 1. The van der Waals surface area contributed by atoms with Gasteiger partial charge in [-0.2, -0.15) is 0 Å². The van der Waals surface area contributed by atoms with Crippen LogP contribution in [-0.2, 0) is 16.0 Å². The number of hydrogen-bond donors (Lipinski definition) is 2. The lowest BCUT2D eigenvalue weighted by atomic mass is 10.1. The predicted octanol–water partition coefficient (Wildman–Crippen LogP) is 6.14. The van der Waals surface area contributed by atoms with Crippen molar-refractivity contribution in [3.05, 3.63) is 89.4 Å². The molecule has 1 atom stereocenters. The molecule has 3 rings (SSSR count). The summed E-state index contributed by atoms with van der Waals surface area (Å²) < 4.78 is 16.9. The van der Waals surface area contributed by atoms with E-state index < -0.39 is 12.1 Å². The van der Waals surface area contributed by atoms with Gasteiger partial charge in [0, 0.05) is 30.3 Å². The van der Waals surface area contributed by atoms with Crippen LogP contribution in [-0.4, -0.2) is 61.0 Å². The summed E-state index contributed by atoms with van der Waals surface area (Å²) in [4.78, 5) is 26.1. The van der Waals surface area contributed by atoms with E-state index in [1.165, 1.54) is 0 Å². The largest absolute Gasteiger partial charge is 0.494 e. The van der Waals surface area contributed by atoms with E-state index in [-0.39, 0.29) is 12.5 Å². The maximum absolute atomic E-state index is 13.0. The van der Waals surface area contributed by atoms with Crippen molar-refractivity contribution in [3.63, 3.8) is 0 Å². The maximum atomic E-state index is 13.0. The molecule has 0 heterocycles. The molecular weight excluding hydrogens is 520 g/mol. The summed E-state index contributed by atoms with van der Waals surface area (Å²) in [7, 11) is 0. The van der Waals surface area contributed by atoms with Gasteiger partial charge in [-0.15, -0.1) is 0 Å². The number of urea groups is 1. The first-order valence-electron chi connectivity index (χ1n) is 13.0. The highest BCUT2D eigenvalue weighted by atomic mass is 35.5. The number of aliphatic carboxylic acids is 1. The van der Waals surface area contributed by atoms with Gasteiger partial charge in [0.25, 0.3) is 0 Å². The summed E-state index contributed by atoms with van der Waals surface area (Å²) in [6.45, 7) is 3.88. The van der Waals surface area contributed by atoms with Crippen molar-refractivity contribution < 1.29 is 28.9 Å². The lowest BCUT2D eigenvalue weighted by molar-refractivity contribution is -0.149. The summed E-state index contributed by atoms with van der Waals surface area (Å²) >= 11 is 5.96. The van der Waals surface area contributed by atoms with Crippen molar-refractivity contribution in [1.29, 1.82) is 0 Å². The number of rotatable bonds is 16. The number of carbonyl (C=O) groups is 2. The van der Waals surface area contributed by atoms with Crippen molar-refractivity contribution in [2.45, 2.75) is 32.3 Å². The van der Waals surface area contributed by atoms with Crippen LogP contribution in [0.2, 0.25) is 5.02 Å². The third-order valence-corrected chi connectivity index (χ3v) is 6.09. The molecule has 0 aromatic heterocycles. The number of unbranched alkanes of at least 4 members (excludes halogenated alkanes) is 1. The van der Waals surface area contributed by atoms with Gasteiger partial charge in [-0.1, -0.05) is 41.9 Å². The Hall–Kier alpha value is -3.75. The molecule has 2 N–H and O–H groups in total. The summed E-state index contributed by atoms with van der Waals surface area (Å²) in [6.07, 6.45) is 0.949. The monoisotopic (exact) mass is 554 g/mol. The molecule has 3 aromatic carbocycles. The second-order valence-corrected chi connectivity index (χ2v) is 9.21. The average molecular weight is 555 g/mol. The topological polar surface area (TPSA) is 97.3 Å². The van der Waals surface area contributed by atoms with Gasteiger partial charge in [0.1, 0.15) is 18.1 Å². The number of anilines is 1. The van der Waals surface area contributed by atoms with Crippen LogP contribution in [0.25, 0.3) is 0 Å². The van der Waals surface area contributed by atoms with Crippen molar-refractivity contribution in [2.24, 2.45) is 0 Å². The van der Waals surface area contributed by atoms with E-state index >= 15 is 0 Å². The van der Waals surface area contributed by atoms with Crippen LogP contribution in [0.15, 0.2) is 78.9 Å². The molecule has 8 nitrogen and oxygen atoms in total. The van der Waals surface area contributed by atoms with Crippen LogP contribution in [0.3, 0.4) is 0 Å². The zero-order chi connectivity index (χ0) is 27.9. The highest BCUT2D eigenvalue weighted by Gasteiger charge is 2.18. The second kappa shape index (κ2) is 16.3. The van der Waals surface area contributed by atoms with Gasteiger partial charge in [-0.25, -0.2) is 9.59 Å². The van der Waals surface area contributed by atoms with E-state index in [2.05, 4.69) is 5.32 Å². The van der Waals surface area contributed by atoms with Crippen LogP contribution in [0.5, 0.6) is 11.5 Å². The Kier molecular flexibility index (Phi) is 12.4. The predicted molar refractivity (Wildman–Crippen MR) is 152 cm³/mol. The molecule has 9 heteroatoms. The zero-order valence-corrected chi connectivity index (χ0v) is 22.8. The summed E-state index contributed by atoms with van der Waals surface area (Å²) in [5.41, 5.74) is 1.50. The number of carboxylic acid groups (broad SMARTS) is 1. The Morgan fingerprint density at radius 3 is 2.21 bits per heavy atom. The SMILES string of the molecule is CCOC(Cc1ccc(OCCN(CCCCOc2ccccc2)C(=O)Nc2ccc(Cl)cc2)cc1)C(=O)O. The Labute approximate surface area is 234 Å². The van der Waals surface area contributed by atoms with E-state index in [0.29, 0.717) is 49.4 Å². The Morgan fingerprint density at radius 2 is 1.54 bits per heavy atom. The highest BCUT2D eigenvalue weighted by Crippen LogP contribution is 2.16. The number of ether oxygens (including phenoxy) is 3. The van der Waals surface area contributed by atoms with Gasteiger partial charge >= 0.3 is 12.0 Å². The van der Waals surface area contributed by atoms with Crippen molar-refractivity contribution in [1.82, 2.24) is 4.90 Å². The Morgan fingerprint density at radius 1 is 0.872 bits per heavy atom. The van der Waals surface area contributed by atoms with Crippen LogP contribution in [0, 0.1) is 0 Å². The molecule has 39 heavy (non-hydrogen) atoms. The first-order chi connectivity index (χ1) is 18.9. The number of carboxylic acids is 1. The lowest BCUT2D eigenvalue weighted by Gasteiger charge is -2.23. The smallest absolute Gasteiger partial charge is 0.333 e. The molecule has 0 radical (unpaired) electrons. The van der Waals surface area contributed by atoms with Gasteiger partial charge in [0.2, 0.25) is 0 Å². The summed E-state index contributed by atoms with van der Waals surface area (Å²) in [5.74, 6) is 0.475. The first-order valence-corrected chi connectivity index (χ1v) is 13.4. The lowest BCUT2D eigenvalue weighted by Crippen LogP contribution is -2.38. The van der Waals surface area contributed by atoms with E-state index in [9.17, 15) is 14.7 Å². The molecule has 0 aliphatic rings. The number of carbonyl (C=O) groups excluding carboxylic acids is 1. The molecule has 0 bridgehead atoms. The second-order valence-electron chi connectivity index (χ2n) is 8.77. The highest BCUT2D eigenvalue weighted by molar-refractivity contribution is 6.30. The van der Waals surface area contributed by atoms with Gasteiger partial charge in [0.15, 0.2) is 6.10 Å². The van der Waals surface area contributed by atoms with Gasteiger partial charge in [-0.3, -0.25) is 0 Å². The molecule has 0 saturated heterocycles. The van der Waals surface area contributed by atoms with Crippen molar-refractivity contribution >= 4 is 29.3 Å². The summed E-state index contributed by atoms with van der Waals surface area (Å²) in [5, 5.41) is 12.8. The number of hydrogen-bond acceptors (Lipinski definition) is 5. The van der Waals surface area contributed by atoms with Crippen LogP contribution in [0.4, 0.5) is 10.5 Å². The van der Waals surface area contributed by atoms with Crippen LogP contribution >= 0.6 is 11.6 Å². The van der Waals surface area contributed by atoms with Gasteiger partial charge < -0.3 is 29.5 Å². The van der Waals surface area contributed by atoms with E-state index in [4.69, 9.17) is 25.8 Å². The third kappa shape index (κ3) is 10.9. The van der Waals surface area contributed by atoms with E-state index in [0.717, 1.165) is 24.2 Å². The molecule has 0 spiro atoms. The van der Waals surface area contributed by atoms with Crippen LogP contribution < -0.4 is 14.8 Å². The fourth-order valence-electron chi connectivity index (χ4n) is 3.79. The molecule has 0 fully saturated rings. The molecular formula is C30H35ClN2O6. The minimum Gasteiger partial charge on any atom is -0.494 e. The molecule has 2 amide bonds. The van der Waals surface area contributed by atoms with Crippen LogP contribution in [0.1, 0.15) is 25.3 Å². The van der Waals surface area contributed by atoms with Crippen molar-refractivity contribution in [3.8, 4) is 11.5 Å². The van der Waals surface area contributed by atoms with Gasteiger partial charge in [0.05, 0.1) is 13.2 Å². The Bertz CT molecular complexity index is 1140. The molecule has 0 saturated carbocycles. The first kappa shape index (κ1) is 29.8. The fraction of sp³-hybridized carbons (Fsp3) is 0.333. The number of benzene rings is 3. The normalized spacial score (nSPS) is 11.4. The average Bonchev–Trinajstić information content (AvgIpc) is 2.94. The number of amides is 2. The number of halogens is 1. The minimum absolute atomic E-state index is 0.226. The maximum Gasteiger partial charge on any atom is 0.333 e. The zero-order valence-electron chi connectivity index (χ0n) is 22.1. The minimum atomic E-state index is -0.985. The molecule has 3 aromatic rings. The summed E-state index contributed by atoms with van der Waals surface area (Å²) in [6, 6.07) is 23.6. The third-order valence-electron chi connectivity index (χ3n) is 5.83. The van der Waals surface area contributed by atoms with Gasteiger partial charge in [-0.05, 0) is 73.9 Å². The quantitative estimate of drug-likeness (QED) is 0.206. The molecule has 1 unspecified atom stereocenters. The number of nitrogens with one attached hydrogen (secondary N) is 1. The van der Waals surface area contributed by atoms with Crippen molar-refractivity contribution in [2.75, 3.05) is 38.2 Å². The standard InChI is InChI=1S/C30H35ClN2O6/c1-2-37-28(29(34)35)22-23-10-16-27(17-11-23)39-21-19-33(30(36)32-25-14-12-24(31)13-15-25)18-6-7-20-38-26-8-4-3-5-9-26/h3-5,8-17,28H,2,6-7,18-22H2,1H3,(H,32,36)(H,34,35). The Balaban J connectivity index is 1.50. The molecule has 0 aliphatic carbocycles. The van der Waals surface area contributed by atoms with E-state index in [1.54, 1.807) is 48.2 Å². The molecule has 0 aliphatic heterocycles. The van der Waals surface area contributed by atoms with E-state index in [1.807, 2.05) is 42.5 Å². The number of para-hydroxylation sites is 1. The fourth-order valence-corrected chi connectivity index (χ4v) is 3.92. The molecule has 208 valence electrons.